The average Bonchev–Trinajstić information content (AvgIpc) is 2.71. The highest BCUT2D eigenvalue weighted by molar-refractivity contribution is 6.07. The second-order valence-corrected chi connectivity index (χ2v) is 6.75. The zero-order valence-corrected chi connectivity index (χ0v) is 16.6. The number of rotatable bonds is 8. The standard InChI is InChI=1S/C23H27NO3/c1-7-23(2,3)19-14-17(21(26-5)15-22(19)27-6)10-13-20(25)16-8-11-18(24-4)12-9-16/h7-15,24H,1H2,2-6H3. The Balaban J connectivity index is 2.41. The third-order valence-corrected chi connectivity index (χ3v) is 4.63. The van der Waals surface area contributed by atoms with Crippen molar-refractivity contribution in [1.29, 1.82) is 0 Å². The van der Waals surface area contributed by atoms with Crippen LogP contribution in [0, 0.1) is 0 Å². The number of ether oxygens (including phenoxy) is 2. The first-order valence-electron chi connectivity index (χ1n) is 8.76. The molecule has 0 bridgehead atoms. The van der Waals surface area contributed by atoms with Crippen LogP contribution in [-0.4, -0.2) is 27.1 Å². The van der Waals surface area contributed by atoms with Gasteiger partial charge >= 0.3 is 0 Å². The molecule has 142 valence electrons. The Morgan fingerprint density at radius 3 is 2.22 bits per heavy atom. The van der Waals surface area contributed by atoms with E-state index in [1.54, 1.807) is 38.5 Å². The third-order valence-electron chi connectivity index (χ3n) is 4.63. The van der Waals surface area contributed by atoms with Crippen LogP contribution < -0.4 is 14.8 Å². The number of allylic oxidation sites excluding steroid dienone is 2. The smallest absolute Gasteiger partial charge is 0.185 e. The van der Waals surface area contributed by atoms with Gasteiger partial charge in [0.15, 0.2) is 5.78 Å². The number of carbonyl (C=O) groups excluding carboxylic acids is 1. The lowest BCUT2D eigenvalue weighted by Crippen LogP contribution is -2.15. The second kappa shape index (κ2) is 8.58. The lowest BCUT2D eigenvalue weighted by Gasteiger charge is -2.24. The van der Waals surface area contributed by atoms with E-state index in [-0.39, 0.29) is 11.2 Å². The van der Waals surface area contributed by atoms with E-state index in [1.807, 2.05) is 37.4 Å². The normalized spacial score (nSPS) is 11.3. The predicted molar refractivity (Wildman–Crippen MR) is 112 cm³/mol. The SMILES string of the molecule is C=CC(C)(C)c1cc(C=CC(=O)c2ccc(NC)cc2)c(OC)cc1OC. The highest BCUT2D eigenvalue weighted by Crippen LogP contribution is 2.38. The number of carbonyl (C=O) groups is 1. The number of anilines is 1. The Morgan fingerprint density at radius 1 is 1.07 bits per heavy atom. The molecule has 2 aromatic rings. The summed E-state index contributed by atoms with van der Waals surface area (Å²) in [6.45, 7) is 8.04. The van der Waals surface area contributed by atoms with E-state index in [0.29, 0.717) is 11.3 Å². The molecular weight excluding hydrogens is 338 g/mol. The van der Waals surface area contributed by atoms with Gasteiger partial charge in [0.05, 0.1) is 14.2 Å². The van der Waals surface area contributed by atoms with Crippen molar-refractivity contribution in [2.45, 2.75) is 19.3 Å². The molecule has 4 heteroatoms. The van der Waals surface area contributed by atoms with Gasteiger partial charge in [0.1, 0.15) is 11.5 Å². The summed E-state index contributed by atoms with van der Waals surface area (Å²) in [7, 11) is 5.07. The van der Waals surface area contributed by atoms with Crippen LogP contribution in [0.5, 0.6) is 11.5 Å². The highest BCUT2D eigenvalue weighted by Gasteiger charge is 2.23. The van der Waals surface area contributed by atoms with Gasteiger partial charge in [0.2, 0.25) is 0 Å². The van der Waals surface area contributed by atoms with Gasteiger partial charge < -0.3 is 14.8 Å². The maximum atomic E-state index is 12.5. The van der Waals surface area contributed by atoms with Gasteiger partial charge in [-0.15, -0.1) is 6.58 Å². The maximum absolute atomic E-state index is 12.5. The van der Waals surface area contributed by atoms with E-state index in [9.17, 15) is 4.79 Å². The van der Waals surface area contributed by atoms with Crippen LogP contribution in [0.4, 0.5) is 5.69 Å². The fourth-order valence-electron chi connectivity index (χ4n) is 2.73. The fourth-order valence-corrected chi connectivity index (χ4v) is 2.73. The molecule has 27 heavy (non-hydrogen) atoms. The molecule has 0 heterocycles. The molecule has 1 N–H and O–H groups in total. The Morgan fingerprint density at radius 2 is 1.70 bits per heavy atom. The zero-order valence-electron chi connectivity index (χ0n) is 16.6. The van der Waals surface area contributed by atoms with Crippen molar-refractivity contribution in [3.05, 3.63) is 71.8 Å². The van der Waals surface area contributed by atoms with E-state index in [0.717, 1.165) is 22.6 Å². The summed E-state index contributed by atoms with van der Waals surface area (Å²) < 4.78 is 11.0. The third kappa shape index (κ3) is 4.59. The molecule has 0 spiro atoms. The van der Waals surface area contributed by atoms with Gasteiger partial charge in [0.25, 0.3) is 0 Å². The minimum absolute atomic E-state index is 0.0694. The Bertz CT molecular complexity index is 849. The highest BCUT2D eigenvalue weighted by atomic mass is 16.5. The van der Waals surface area contributed by atoms with Crippen molar-refractivity contribution in [3.63, 3.8) is 0 Å². The lowest BCUT2D eigenvalue weighted by atomic mass is 9.83. The molecule has 0 saturated carbocycles. The van der Waals surface area contributed by atoms with E-state index in [4.69, 9.17) is 9.47 Å². The molecule has 0 aromatic heterocycles. The maximum Gasteiger partial charge on any atom is 0.185 e. The number of nitrogens with one attached hydrogen (secondary N) is 1. The van der Waals surface area contributed by atoms with Crippen molar-refractivity contribution >= 4 is 17.5 Å². The summed E-state index contributed by atoms with van der Waals surface area (Å²) >= 11 is 0. The van der Waals surface area contributed by atoms with Gasteiger partial charge in [-0.05, 0) is 42.5 Å². The summed E-state index contributed by atoms with van der Waals surface area (Å²) in [6.07, 6.45) is 5.21. The van der Waals surface area contributed by atoms with Crippen LogP contribution in [0.15, 0.2) is 55.1 Å². The average molecular weight is 365 g/mol. The first-order chi connectivity index (χ1) is 12.9. The van der Waals surface area contributed by atoms with Crippen LogP contribution >= 0.6 is 0 Å². The van der Waals surface area contributed by atoms with E-state index < -0.39 is 0 Å². The molecule has 0 aliphatic carbocycles. The van der Waals surface area contributed by atoms with Crippen LogP contribution in [0.1, 0.15) is 35.3 Å². The molecule has 0 amide bonds. The van der Waals surface area contributed by atoms with Crippen LogP contribution in [0.3, 0.4) is 0 Å². The first-order valence-corrected chi connectivity index (χ1v) is 8.76. The van der Waals surface area contributed by atoms with Crippen molar-refractivity contribution in [1.82, 2.24) is 0 Å². The Hall–Kier alpha value is -3.01. The minimum atomic E-state index is -0.285. The number of ketones is 1. The summed E-state index contributed by atoms with van der Waals surface area (Å²) in [6, 6.07) is 11.2. The predicted octanol–water partition coefficient (Wildman–Crippen LogP) is 5.11. The number of benzene rings is 2. The zero-order chi connectivity index (χ0) is 20.0. The monoisotopic (exact) mass is 365 g/mol. The summed E-state index contributed by atoms with van der Waals surface area (Å²) in [5.41, 5.74) is 3.09. The lowest BCUT2D eigenvalue weighted by molar-refractivity contribution is 0.104. The molecule has 0 atom stereocenters. The van der Waals surface area contributed by atoms with Gasteiger partial charge in [-0.2, -0.15) is 0 Å². The summed E-state index contributed by atoms with van der Waals surface area (Å²) in [5, 5.41) is 3.04. The largest absolute Gasteiger partial charge is 0.496 e. The molecule has 2 aromatic carbocycles. The van der Waals surface area contributed by atoms with Crippen molar-refractivity contribution < 1.29 is 14.3 Å². The summed E-state index contributed by atoms with van der Waals surface area (Å²) in [5.74, 6) is 1.30. The quantitative estimate of drug-likeness (QED) is 0.401. The molecule has 0 aliphatic rings. The van der Waals surface area contributed by atoms with Gasteiger partial charge in [0, 0.05) is 40.9 Å². The van der Waals surface area contributed by atoms with Crippen molar-refractivity contribution in [2.75, 3.05) is 26.6 Å². The second-order valence-electron chi connectivity index (χ2n) is 6.75. The molecule has 0 fully saturated rings. The molecule has 0 unspecified atom stereocenters. The van der Waals surface area contributed by atoms with Gasteiger partial charge in [-0.3, -0.25) is 4.79 Å². The van der Waals surface area contributed by atoms with Crippen molar-refractivity contribution in [2.24, 2.45) is 0 Å². The topological polar surface area (TPSA) is 47.6 Å². The Labute approximate surface area is 161 Å². The molecule has 2 rings (SSSR count). The van der Waals surface area contributed by atoms with Crippen LogP contribution in [0.25, 0.3) is 6.08 Å². The van der Waals surface area contributed by atoms with Crippen LogP contribution in [0.2, 0.25) is 0 Å². The molecule has 0 aliphatic heterocycles. The van der Waals surface area contributed by atoms with Crippen molar-refractivity contribution in [3.8, 4) is 11.5 Å². The van der Waals surface area contributed by atoms with E-state index in [1.165, 1.54) is 0 Å². The van der Waals surface area contributed by atoms with Crippen LogP contribution in [-0.2, 0) is 5.41 Å². The molecular formula is C23H27NO3. The van der Waals surface area contributed by atoms with E-state index >= 15 is 0 Å². The first kappa shape index (κ1) is 20.3. The molecule has 0 radical (unpaired) electrons. The van der Waals surface area contributed by atoms with Gasteiger partial charge in [-0.25, -0.2) is 0 Å². The summed E-state index contributed by atoms with van der Waals surface area (Å²) in [4.78, 5) is 12.5. The molecule has 0 saturated heterocycles. The number of methoxy groups -OCH3 is 2. The fraction of sp³-hybridized carbons (Fsp3) is 0.261. The minimum Gasteiger partial charge on any atom is -0.496 e. The Kier molecular flexibility index (Phi) is 6.45. The van der Waals surface area contributed by atoms with Gasteiger partial charge in [-0.1, -0.05) is 19.9 Å². The van der Waals surface area contributed by atoms with E-state index in [2.05, 4.69) is 25.7 Å². The number of hydrogen-bond acceptors (Lipinski definition) is 4. The number of hydrogen-bond donors (Lipinski definition) is 1. The molecule has 4 nitrogen and oxygen atoms in total.